The molecular formula is C11H13NO5. The average molecular weight is 239 g/mol. The Balaban J connectivity index is 4.64. The van der Waals surface area contributed by atoms with Crippen molar-refractivity contribution >= 4 is 23.6 Å². The summed E-state index contributed by atoms with van der Waals surface area (Å²) < 4.78 is 9.08. The molecule has 6 heteroatoms. The summed E-state index contributed by atoms with van der Waals surface area (Å²) in [5.74, 6) is -0.789. The number of rotatable bonds is 6. The molecule has 0 spiro atoms. The van der Waals surface area contributed by atoms with Crippen LogP contribution in [0.1, 0.15) is 13.8 Å². The first kappa shape index (κ1) is 14.8. The summed E-state index contributed by atoms with van der Waals surface area (Å²) in [5.41, 5.74) is -0.563. The van der Waals surface area contributed by atoms with Crippen LogP contribution in [0.2, 0.25) is 0 Å². The van der Waals surface area contributed by atoms with Crippen molar-refractivity contribution in [3.8, 4) is 0 Å². The van der Waals surface area contributed by atoms with Gasteiger partial charge in [-0.2, -0.15) is 0 Å². The molecule has 0 aliphatic rings. The Labute approximate surface area is 98.4 Å². The molecule has 0 bridgehead atoms. The van der Waals surface area contributed by atoms with E-state index in [0.717, 1.165) is 12.2 Å². The summed E-state index contributed by atoms with van der Waals surface area (Å²) in [4.78, 5) is 33.5. The highest BCUT2D eigenvalue weighted by atomic mass is 16.5. The molecule has 0 atom stereocenters. The molecule has 0 aliphatic heterocycles. The topological polar surface area (TPSA) is 93.5 Å². The molecule has 92 valence electrons. The van der Waals surface area contributed by atoms with E-state index in [0.29, 0.717) is 0 Å². The molecule has 0 saturated heterocycles. The minimum Gasteiger partial charge on any atom is -0.463 e. The summed E-state index contributed by atoms with van der Waals surface area (Å²) in [5, 5.41) is 6.81. The highest BCUT2D eigenvalue weighted by molar-refractivity contribution is 6.27. The fourth-order valence-corrected chi connectivity index (χ4v) is 0.834. The summed E-state index contributed by atoms with van der Waals surface area (Å²) in [7, 11) is 0. The summed E-state index contributed by atoms with van der Waals surface area (Å²) in [6, 6.07) is 0. The van der Waals surface area contributed by atoms with Crippen LogP contribution in [0, 0.1) is 5.41 Å². The maximum Gasteiger partial charge on any atom is 0.351 e. The van der Waals surface area contributed by atoms with Gasteiger partial charge in [0, 0.05) is 6.08 Å². The van der Waals surface area contributed by atoms with E-state index in [9.17, 15) is 14.4 Å². The Morgan fingerprint density at radius 1 is 1.12 bits per heavy atom. The smallest absolute Gasteiger partial charge is 0.351 e. The van der Waals surface area contributed by atoms with Crippen LogP contribution in [-0.2, 0) is 23.9 Å². The van der Waals surface area contributed by atoms with E-state index in [2.05, 4.69) is 9.47 Å². The summed E-state index contributed by atoms with van der Waals surface area (Å²) in [6.07, 6.45) is 1.72. The molecule has 0 heterocycles. The lowest BCUT2D eigenvalue weighted by Gasteiger charge is -1.99. The highest BCUT2D eigenvalue weighted by Gasteiger charge is 2.17. The number of ether oxygens (including phenoxy) is 2. The first-order valence-corrected chi connectivity index (χ1v) is 4.92. The number of nitrogens with one attached hydrogen (secondary N) is 1. The molecule has 0 aromatic heterocycles. The predicted octanol–water partition coefficient (Wildman–Crippen LogP) is 0.413. The fraction of sp³-hybridized carbons (Fsp3) is 0.364. The SMILES string of the molecule is CCOC(=O)/C=C/C(=O)C(=C=N)C(=O)OCC. The van der Waals surface area contributed by atoms with Crippen LogP contribution in [0.3, 0.4) is 0 Å². The van der Waals surface area contributed by atoms with E-state index in [-0.39, 0.29) is 13.2 Å². The third kappa shape index (κ3) is 5.44. The molecule has 0 aromatic rings. The zero-order valence-electron chi connectivity index (χ0n) is 9.61. The summed E-state index contributed by atoms with van der Waals surface area (Å²) >= 11 is 0. The van der Waals surface area contributed by atoms with Gasteiger partial charge >= 0.3 is 11.9 Å². The van der Waals surface area contributed by atoms with Gasteiger partial charge in [0.25, 0.3) is 0 Å². The van der Waals surface area contributed by atoms with Crippen molar-refractivity contribution in [2.45, 2.75) is 13.8 Å². The van der Waals surface area contributed by atoms with Crippen molar-refractivity contribution in [3.05, 3.63) is 17.7 Å². The average Bonchev–Trinajstić information content (AvgIpc) is 2.28. The molecule has 6 nitrogen and oxygen atoms in total. The zero-order chi connectivity index (χ0) is 13.3. The lowest BCUT2D eigenvalue weighted by Crippen LogP contribution is -2.15. The number of carbonyl (C=O) groups excluding carboxylic acids is 3. The first-order chi connectivity index (χ1) is 8.06. The van der Waals surface area contributed by atoms with Crippen molar-refractivity contribution in [3.63, 3.8) is 0 Å². The quantitative estimate of drug-likeness (QED) is 0.238. The van der Waals surface area contributed by atoms with E-state index >= 15 is 0 Å². The number of carbonyl (C=O) groups is 3. The van der Waals surface area contributed by atoms with Gasteiger partial charge in [0.05, 0.1) is 13.2 Å². The molecule has 0 saturated carbocycles. The van der Waals surface area contributed by atoms with Crippen LogP contribution in [0.5, 0.6) is 0 Å². The Bertz CT molecular complexity index is 391. The van der Waals surface area contributed by atoms with Crippen LogP contribution in [0.25, 0.3) is 0 Å². The van der Waals surface area contributed by atoms with Crippen LogP contribution in [0.15, 0.2) is 17.7 Å². The van der Waals surface area contributed by atoms with Gasteiger partial charge < -0.3 is 9.47 Å². The van der Waals surface area contributed by atoms with Gasteiger partial charge in [-0.15, -0.1) is 0 Å². The molecule has 0 unspecified atom stereocenters. The van der Waals surface area contributed by atoms with Gasteiger partial charge in [-0.1, -0.05) is 0 Å². The molecule has 0 rings (SSSR count). The number of hydrogen-bond acceptors (Lipinski definition) is 6. The van der Waals surface area contributed by atoms with Gasteiger partial charge in [-0.25, -0.2) is 9.59 Å². The molecule has 0 amide bonds. The Kier molecular flexibility index (Phi) is 6.97. The monoisotopic (exact) mass is 239 g/mol. The zero-order valence-corrected chi connectivity index (χ0v) is 9.61. The fourth-order valence-electron chi connectivity index (χ4n) is 0.834. The number of hydrogen-bond donors (Lipinski definition) is 1. The van der Waals surface area contributed by atoms with Crippen molar-refractivity contribution in [2.75, 3.05) is 13.2 Å². The van der Waals surface area contributed by atoms with E-state index in [1.807, 2.05) is 0 Å². The van der Waals surface area contributed by atoms with E-state index in [1.54, 1.807) is 19.7 Å². The minimum absolute atomic E-state index is 0.0822. The number of allylic oxidation sites excluding steroid dienone is 1. The van der Waals surface area contributed by atoms with E-state index < -0.39 is 23.3 Å². The van der Waals surface area contributed by atoms with Gasteiger partial charge in [0.1, 0.15) is 0 Å². The third-order valence-corrected chi connectivity index (χ3v) is 1.51. The highest BCUT2D eigenvalue weighted by Crippen LogP contribution is 1.98. The molecule has 0 fully saturated rings. The van der Waals surface area contributed by atoms with Crippen molar-refractivity contribution < 1.29 is 23.9 Å². The normalized spacial score (nSPS) is 9.53. The first-order valence-electron chi connectivity index (χ1n) is 4.92. The lowest BCUT2D eigenvalue weighted by atomic mass is 10.2. The second kappa shape index (κ2) is 8.01. The third-order valence-electron chi connectivity index (χ3n) is 1.51. The van der Waals surface area contributed by atoms with Crippen LogP contribution in [0.4, 0.5) is 0 Å². The van der Waals surface area contributed by atoms with Gasteiger partial charge in [-0.05, 0) is 25.8 Å². The Morgan fingerprint density at radius 2 is 1.71 bits per heavy atom. The van der Waals surface area contributed by atoms with Gasteiger partial charge in [-0.3, -0.25) is 10.2 Å². The molecule has 0 radical (unpaired) electrons. The van der Waals surface area contributed by atoms with Crippen LogP contribution < -0.4 is 0 Å². The molecule has 17 heavy (non-hydrogen) atoms. The van der Waals surface area contributed by atoms with Crippen molar-refractivity contribution in [2.24, 2.45) is 0 Å². The maximum atomic E-state index is 11.4. The second-order valence-corrected chi connectivity index (χ2v) is 2.67. The van der Waals surface area contributed by atoms with E-state index in [4.69, 9.17) is 5.41 Å². The Morgan fingerprint density at radius 3 is 2.18 bits per heavy atom. The molecular weight excluding hydrogens is 226 g/mol. The van der Waals surface area contributed by atoms with Crippen molar-refractivity contribution in [1.82, 2.24) is 0 Å². The maximum absolute atomic E-state index is 11.4. The standard InChI is InChI=1S/C11H13NO5/c1-3-16-10(14)6-5-9(13)8(7-12)11(15)17-4-2/h5-6,12H,3-4H2,1-2H3/b6-5+. The number of ketones is 1. The van der Waals surface area contributed by atoms with Crippen molar-refractivity contribution in [1.29, 1.82) is 5.41 Å². The van der Waals surface area contributed by atoms with Crippen LogP contribution >= 0.6 is 0 Å². The molecule has 0 aliphatic carbocycles. The lowest BCUT2D eigenvalue weighted by molar-refractivity contribution is -0.140. The second-order valence-electron chi connectivity index (χ2n) is 2.67. The predicted molar refractivity (Wildman–Crippen MR) is 58.7 cm³/mol. The molecule has 0 aromatic carbocycles. The Hall–Kier alpha value is -2.20. The van der Waals surface area contributed by atoms with Crippen LogP contribution in [-0.4, -0.2) is 36.8 Å². The summed E-state index contributed by atoms with van der Waals surface area (Å²) in [6.45, 7) is 3.45. The molecule has 1 N–H and O–H groups in total. The number of esters is 2. The van der Waals surface area contributed by atoms with Gasteiger partial charge in [0.15, 0.2) is 5.57 Å². The van der Waals surface area contributed by atoms with E-state index in [1.165, 1.54) is 0 Å². The van der Waals surface area contributed by atoms with Gasteiger partial charge in [0.2, 0.25) is 5.78 Å². The minimum atomic E-state index is -0.944. The largest absolute Gasteiger partial charge is 0.463 e.